The molecular formula is C28H35NO5S. The molecule has 0 saturated carbocycles. The van der Waals surface area contributed by atoms with E-state index in [1.54, 1.807) is 37.4 Å². The number of hydrogen-bond donors (Lipinski definition) is 0. The first-order valence-electron chi connectivity index (χ1n) is 11.9. The lowest BCUT2D eigenvalue weighted by Crippen LogP contribution is -2.36. The number of amides is 1. The lowest BCUT2D eigenvalue weighted by molar-refractivity contribution is -0.129. The third-order valence-corrected chi connectivity index (χ3v) is 7.42. The molecule has 0 bridgehead atoms. The number of Topliss-reactive ketones (excluding diaryl/α,β-unsaturated/α-hetero) is 2. The highest BCUT2D eigenvalue weighted by Gasteiger charge is 2.41. The molecule has 0 aromatic heterocycles. The van der Waals surface area contributed by atoms with Crippen molar-refractivity contribution in [2.75, 3.05) is 26.0 Å². The van der Waals surface area contributed by atoms with Crippen LogP contribution in [0.2, 0.25) is 0 Å². The molecule has 1 aliphatic rings. The van der Waals surface area contributed by atoms with E-state index in [2.05, 4.69) is 0 Å². The second kappa shape index (κ2) is 10.9. The van der Waals surface area contributed by atoms with Crippen LogP contribution < -0.4 is 4.74 Å². The third-order valence-electron chi connectivity index (χ3n) is 6.67. The van der Waals surface area contributed by atoms with E-state index in [-0.39, 0.29) is 24.1 Å². The minimum absolute atomic E-state index is 0.0165. The van der Waals surface area contributed by atoms with E-state index in [9.17, 15) is 14.4 Å². The molecule has 1 fully saturated rings. The van der Waals surface area contributed by atoms with E-state index in [1.165, 1.54) is 6.92 Å². The van der Waals surface area contributed by atoms with Crippen molar-refractivity contribution in [2.24, 2.45) is 5.92 Å². The highest BCUT2D eigenvalue weighted by atomic mass is 32.2. The Bertz CT molecular complexity index is 1090. The normalized spacial score (nSPS) is 17.9. The van der Waals surface area contributed by atoms with E-state index in [4.69, 9.17) is 9.47 Å². The molecule has 2 atom stereocenters. The van der Waals surface area contributed by atoms with Gasteiger partial charge in [0.05, 0.1) is 6.61 Å². The number of benzene rings is 2. The Hall–Kier alpha value is -2.80. The summed E-state index contributed by atoms with van der Waals surface area (Å²) in [6.45, 7) is 11.7. The Balaban J connectivity index is 1.97. The SMILES string of the molecule is CCOC(=O)N1CC(C(=O)c2ccc(SC)cc2)C(c2cc(C)c(OC(C)(C)C(C)=O)c(C)c2)C1. The van der Waals surface area contributed by atoms with Gasteiger partial charge in [-0.25, -0.2) is 4.79 Å². The van der Waals surface area contributed by atoms with Gasteiger partial charge >= 0.3 is 6.09 Å². The van der Waals surface area contributed by atoms with Crippen molar-refractivity contribution in [3.05, 3.63) is 58.7 Å². The molecule has 2 aromatic rings. The second-order valence-electron chi connectivity index (χ2n) is 9.56. The summed E-state index contributed by atoms with van der Waals surface area (Å²) in [5.41, 5.74) is 2.45. The summed E-state index contributed by atoms with van der Waals surface area (Å²) in [6.07, 6.45) is 1.60. The first-order valence-corrected chi connectivity index (χ1v) is 13.1. The van der Waals surface area contributed by atoms with Crippen molar-refractivity contribution in [3.63, 3.8) is 0 Å². The summed E-state index contributed by atoms with van der Waals surface area (Å²) in [6, 6.07) is 11.6. The van der Waals surface area contributed by atoms with Crippen molar-refractivity contribution < 1.29 is 23.9 Å². The fraction of sp³-hybridized carbons (Fsp3) is 0.464. The number of thioether (sulfide) groups is 1. The fourth-order valence-electron chi connectivity index (χ4n) is 4.43. The van der Waals surface area contributed by atoms with Gasteiger partial charge in [-0.05, 0) is 76.6 Å². The van der Waals surface area contributed by atoms with Gasteiger partial charge in [-0.3, -0.25) is 9.59 Å². The standard InChI is InChI=1S/C28H35NO5S/c1-8-33-27(32)29-15-23(24(16-29)25(31)20-9-11-22(35-7)12-10-20)21-13-17(2)26(18(3)14-21)34-28(5,6)19(4)30/h9-14,23-24H,8,15-16H2,1-7H3. The number of likely N-dealkylation sites (tertiary alicyclic amines) is 1. The summed E-state index contributed by atoms with van der Waals surface area (Å²) < 4.78 is 11.3. The van der Waals surface area contributed by atoms with E-state index in [0.717, 1.165) is 21.6 Å². The van der Waals surface area contributed by atoms with Crippen molar-refractivity contribution in [3.8, 4) is 5.75 Å². The summed E-state index contributed by atoms with van der Waals surface area (Å²) >= 11 is 1.62. The van der Waals surface area contributed by atoms with Crippen molar-refractivity contribution >= 4 is 29.4 Å². The van der Waals surface area contributed by atoms with Gasteiger partial charge < -0.3 is 14.4 Å². The highest BCUT2D eigenvalue weighted by molar-refractivity contribution is 7.98. The Kier molecular flexibility index (Phi) is 8.31. The molecule has 1 aliphatic heterocycles. The van der Waals surface area contributed by atoms with E-state index in [1.807, 2.05) is 56.5 Å². The van der Waals surface area contributed by atoms with Gasteiger partial charge in [-0.2, -0.15) is 0 Å². The van der Waals surface area contributed by atoms with E-state index in [0.29, 0.717) is 24.4 Å². The van der Waals surface area contributed by atoms with E-state index >= 15 is 0 Å². The zero-order valence-electron chi connectivity index (χ0n) is 21.6. The molecule has 3 rings (SSSR count). The van der Waals surface area contributed by atoms with Crippen LogP contribution in [0.3, 0.4) is 0 Å². The van der Waals surface area contributed by atoms with Crippen LogP contribution in [-0.4, -0.2) is 54.1 Å². The molecule has 0 spiro atoms. The maximum absolute atomic E-state index is 13.6. The minimum Gasteiger partial charge on any atom is -0.480 e. The minimum atomic E-state index is -0.938. The van der Waals surface area contributed by atoms with Crippen LogP contribution in [0.15, 0.2) is 41.3 Å². The maximum atomic E-state index is 13.6. The van der Waals surface area contributed by atoms with Gasteiger partial charge in [0.15, 0.2) is 17.2 Å². The number of hydrogen-bond acceptors (Lipinski definition) is 6. The Morgan fingerprint density at radius 3 is 2.17 bits per heavy atom. The summed E-state index contributed by atoms with van der Waals surface area (Å²) in [5, 5.41) is 0. The van der Waals surface area contributed by atoms with Gasteiger partial charge in [0.2, 0.25) is 0 Å². The maximum Gasteiger partial charge on any atom is 0.409 e. The zero-order valence-corrected chi connectivity index (χ0v) is 22.5. The lowest BCUT2D eigenvalue weighted by atomic mass is 9.82. The predicted octanol–water partition coefficient (Wildman–Crippen LogP) is 5.83. The van der Waals surface area contributed by atoms with Gasteiger partial charge in [-0.15, -0.1) is 11.8 Å². The Morgan fingerprint density at radius 1 is 1.06 bits per heavy atom. The van der Waals surface area contributed by atoms with Crippen molar-refractivity contribution in [2.45, 2.75) is 58.0 Å². The predicted molar refractivity (Wildman–Crippen MR) is 139 cm³/mol. The first-order chi connectivity index (χ1) is 16.5. The van der Waals surface area contributed by atoms with Crippen LogP contribution in [0.4, 0.5) is 4.79 Å². The number of nitrogens with zero attached hydrogens (tertiary/aromatic N) is 1. The zero-order chi connectivity index (χ0) is 25.9. The fourth-order valence-corrected chi connectivity index (χ4v) is 4.83. The molecule has 1 amide bonds. The number of aryl methyl sites for hydroxylation is 2. The summed E-state index contributed by atoms with van der Waals surface area (Å²) in [4.78, 5) is 40.9. The number of ketones is 2. The monoisotopic (exact) mass is 497 g/mol. The van der Waals surface area contributed by atoms with Crippen LogP contribution in [0.1, 0.15) is 60.7 Å². The molecule has 0 N–H and O–H groups in total. The number of carbonyl (C=O) groups excluding carboxylic acids is 3. The molecule has 2 aromatic carbocycles. The lowest BCUT2D eigenvalue weighted by Gasteiger charge is -2.27. The molecule has 188 valence electrons. The van der Waals surface area contributed by atoms with Crippen LogP contribution in [0.5, 0.6) is 5.75 Å². The summed E-state index contributed by atoms with van der Waals surface area (Å²) in [5.74, 6) is 0.0603. The van der Waals surface area contributed by atoms with E-state index < -0.39 is 17.6 Å². The third kappa shape index (κ3) is 5.89. The number of ether oxygens (including phenoxy) is 2. The molecule has 35 heavy (non-hydrogen) atoms. The molecule has 0 radical (unpaired) electrons. The average molecular weight is 498 g/mol. The highest BCUT2D eigenvalue weighted by Crippen LogP contribution is 2.39. The van der Waals surface area contributed by atoms with Crippen molar-refractivity contribution in [1.82, 2.24) is 4.90 Å². The molecule has 0 aliphatic carbocycles. The van der Waals surface area contributed by atoms with Gasteiger partial charge in [0.1, 0.15) is 5.75 Å². The smallest absolute Gasteiger partial charge is 0.409 e. The van der Waals surface area contributed by atoms with Crippen LogP contribution in [0.25, 0.3) is 0 Å². The topological polar surface area (TPSA) is 72.9 Å². The Morgan fingerprint density at radius 2 is 1.66 bits per heavy atom. The van der Waals surface area contributed by atoms with Gasteiger partial charge in [0, 0.05) is 35.4 Å². The second-order valence-corrected chi connectivity index (χ2v) is 10.4. The van der Waals surface area contributed by atoms with Crippen LogP contribution in [0, 0.1) is 19.8 Å². The molecule has 1 saturated heterocycles. The largest absolute Gasteiger partial charge is 0.480 e. The summed E-state index contributed by atoms with van der Waals surface area (Å²) in [7, 11) is 0. The molecule has 6 nitrogen and oxygen atoms in total. The van der Waals surface area contributed by atoms with Gasteiger partial charge in [0.25, 0.3) is 0 Å². The van der Waals surface area contributed by atoms with Gasteiger partial charge in [-0.1, -0.05) is 24.3 Å². The van der Waals surface area contributed by atoms with Crippen LogP contribution in [-0.2, 0) is 9.53 Å². The first kappa shape index (κ1) is 26.8. The van der Waals surface area contributed by atoms with Crippen LogP contribution >= 0.6 is 11.8 Å². The number of rotatable bonds is 8. The Labute approximate surface area is 212 Å². The number of carbonyl (C=O) groups is 3. The van der Waals surface area contributed by atoms with Crippen molar-refractivity contribution in [1.29, 1.82) is 0 Å². The average Bonchev–Trinajstić information content (AvgIpc) is 3.26. The molecule has 1 heterocycles. The molecule has 7 heteroatoms. The molecular weight excluding hydrogens is 462 g/mol. The quantitative estimate of drug-likeness (QED) is 0.338. The molecule has 2 unspecified atom stereocenters.